The molecule has 1 amide bonds. The number of amides is 1. The number of anilines is 1. The molecule has 0 fully saturated rings. The van der Waals surface area contributed by atoms with Crippen LogP contribution in [0.15, 0.2) is 40.7 Å². The molecule has 0 atom stereocenters. The molecule has 1 aromatic heterocycles. The molecule has 146 valence electrons. The zero-order valence-electron chi connectivity index (χ0n) is 15.8. The Morgan fingerprint density at radius 1 is 1.14 bits per heavy atom. The van der Waals surface area contributed by atoms with E-state index < -0.39 is 0 Å². The number of aryl methyl sites for hydroxylation is 3. The molecule has 28 heavy (non-hydrogen) atoms. The number of nitrogens with zero attached hydrogens (tertiary/aromatic N) is 2. The number of benzene rings is 2. The number of hydrogen-bond donors (Lipinski definition) is 1. The van der Waals surface area contributed by atoms with Gasteiger partial charge in [0.25, 0.3) is 5.91 Å². The number of nitrogens with one attached hydrogen (secondary N) is 1. The lowest BCUT2D eigenvalue weighted by Crippen LogP contribution is -2.20. The molecule has 0 spiro atoms. The van der Waals surface area contributed by atoms with Gasteiger partial charge in [0.1, 0.15) is 5.75 Å². The Morgan fingerprint density at radius 2 is 1.82 bits per heavy atom. The summed E-state index contributed by atoms with van der Waals surface area (Å²) in [5.74, 6) is 1.14. The first-order chi connectivity index (χ1) is 13.4. The summed E-state index contributed by atoms with van der Waals surface area (Å²) in [5.41, 5.74) is 4.28. The van der Waals surface area contributed by atoms with Crippen molar-refractivity contribution in [3.63, 3.8) is 0 Å². The van der Waals surface area contributed by atoms with Gasteiger partial charge in [-0.15, -0.1) is 10.2 Å². The highest BCUT2D eigenvalue weighted by Gasteiger charge is 2.11. The van der Waals surface area contributed by atoms with E-state index in [1.54, 1.807) is 11.8 Å². The Bertz CT molecular complexity index is 951. The fraction of sp³-hybridized carbons (Fsp3) is 0.250. The topological polar surface area (TPSA) is 64.1 Å². The lowest BCUT2D eigenvalue weighted by atomic mass is 10.1. The molecule has 8 heteroatoms. The van der Waals surface area contributed by atoms with Crippen LogP contribution in [0.1, 0.15) is 22.3 Å². The largest absolute Gasteiger partial charge is 0.484 e. The molecule has 0 aliphatic rings. The Kier molecular flexibility index (Phi) is 6.93. The van der Waals surface area contributed by atoms with Gasteiger partial charge in [-0.3, -0.25) is 10.1 Å². The first-order valence-electron chi connectivity index (χ1n) is 8.62. The molecule has 0 saturated heterocycles. The van der Waals surface area contributed by atoms with Gasteiger partial charge >= 0.3 is 0 Å². The van der Waals surface area contributed by atoms with Crippen molar-refractivity contribution in [1.82, 2.24) is 10.2 Å². The smallest absolute Gasteiger partial charge is 0.264 e. The molecule has 0 aliphatic carbocycles. The molecule has 2 aromatic carbocycles. The molecule has 0 unspecified atom stereocenters. The number of hydrogen-bond acceptors (Lipinski definition) is 6. The number of carbonyl (C=O) groups excluding carboxylic acids is 1. The summed E-state index contributed by atoms with van der Waals surface area (Å²) in [4.78, 5) is 12.1. The Labute approximate surface area is 177 Å². The summed E-state index contributed by atoms with van der Waals surface area (Å²) in [6, 6.07) is 12.0. The number of thioether (sulfide) groups is 1. The van der Waals surface area contributed by atoms with Crippen molar-refractivity contribution < 1.29 is 9.53 Å². The van der Waals surface area contributed by atoms with Crippen molar-refractivity contribution in [2.45, 2.75) is 30.9 Å². The van der Waals surface area contributed by atoms with Gasteiger partial charge in [0.2, 0.25) is 5.13 Å². The molecule has 5 nitrogen and oxygen atoms in total. The van der Waals surface area contributed by atoms with Crippen LogP contribution < -0.4 is 10.1 Å². The third kappa shape index (κ3) is 5.70. The summed E-state index contributed by atoms with van der Waals surface area (Å²) >= 11 is 9.08. The van der Waals surface area contributed by atoms with Crippen molar-refractivity contribution in [1.29, 1.82) is 0 Å². The lowest BCUT2D eigenvalue weighted by molar-refractivity contribution is -0.118. The van der Waals surface area contributed by atoms with Gasteiger partial charge in [0, 0.05) is 10.8 Å². The molecule has 0 radical (unpaired) electrons. The quantitative estimate of drug-likeness (QED) is 0.397. The highest BCUT2D eigenvalue weighted by Crippen LogP contribution is 2.29. The normalized spacial score (nSPS) is 10.7. The van der Waals surface area contributed by atoms with Crippen LogP contribution in [0.5, 0.6) is 5.75 Å². The number of rotatable bonds is 7. The van der Waals surface area contributed by atoms with Crippen LogP contribution in [0.25, 0.3) is 0 Å². The average Bonchev–Trinajstić information content (AvgIpc) is 3.11. The Morgan fingerprint density at radius 3 is 2.50 bits per heavy atom. The molecule has 0 bridgehead atoms. The van der Waals surface area contributed by atoms with E-state index >= 15 is 0 Å². The second-order valence-corrected chi connectivity index (χ2v) is 8.93. The van der Waals surface area contributed by atoms with E-state index in [4.69, 9.17) is 16.3 Å². The summed E-state index contributed by atoms with van der Waals surface area (Å²) in [6.07, 6.45) is 0. The van der Waals surface area contributed by atoms with Gasteiger partial charge < -0.3 is 4.74 Å². The standard InChI is InChI=1S/C20H20ClN3O2S2/c1-12-4-6-15(7-5-12)11-27-20-24-23-19(28-20)22-17(25)10-26-16-8-13(2)18(21)14(3)9-16/h4-9H,10-11H2,1-3H3,(H,22,23,25). The van der Waals surface area contributed by atoms with Crippen LogP contribution in [-0.2, 0) is 10.5 Å². The summed E-state index contributed by atoms with van der Waals surface area (Å²) < 4.78 is 6.37. The summed E-state index contributed by atoms with van der Waals surface area (Å²) in [6.45, 7) is 5.76. The Hall–Kier alpha value is -2.09. The minimum absolute atomic E-state index is 0.105. The zero-order valence-corrected chi connectivity index (χ0v) is 18.2. The molecule has 0 aliphatic heterocycles. The van der Waals surface area contributed by atoms with E-state index in [2.05, 4.69) is 46.7 Å². The lowest BCUT2D eigenvalue weighted by Gasteiger charge is -2.09. The Balaban J connectivity index is 1.49. The van der Waals surface area contributed by atoms with Gasteiger partial charge in [-0.1, -0.05) is 64.5 Å². The first kappa shape index (κ1) is 20.6. The van der Waals surface area contributed by atoms with E-state index in [1.807, 2.05) is 26.0 Å². The van der Waals surface area contributed by atoms with Gasteiger partial charge in [0.15, 0.2) is 10.9 Å². The van der Waals surface area contributed by atoms with E-state index in [1.165, 1.54) is 22.5 Å². The molecule has 0 saturated carbocycles. The van der Waals surface area contributed by atoms with Crippen molar-refractivity contribution in [3.05, 3.63) is 63.7 Å². The van der Waals surface area contributed by atoms with E-state index in [0.717, 1.165) is 21.2 Å². The number of ether oxygens (including phenoxy) is 1. The molecule has 3 aromatic rings. The van der Waals surface area contributed by atoms with E-state index in [-0.39, 0.29) is 12.5 Å². The monoisotopic (exact) mass is 433 g/mol. The maximum Gasteiger partial charge on any atom is 0.264 e. The van der Waals surface area contributed by atoms with Crippen LogP contribution >= 0.6 is 34.7 Å². The predicted octanol–water partition coefficient (Wildman–Crippen LogP) is 5.43. The molecular weight excluding hydrogens is 414 g/mol. The molecule has 1 heterocycles. The molecular formula is C20H20ClN3O2S2. The van der Waals surface area contributed by atoms with Crippen molar-refractivity contribution in [3.8, 4) is 5.75 Å². The minimum Gasteiger partial charge on any atom is -0.484 e. The second kappa shape index (κ2) is 9.41. The van der Waals surface area contributed by atoms with Gasteiger partial charge in [-0.05, 0) is 49.6 Å². The summed E-state index contributed by atoms with van der Waals surface area (Å²) in [7, 11) is 0. The van der Waals surface area contributed by atoms with Crippen molar-refractivity contribution >= 4 is 45.7 Å². The van der Waals surface area contributed by atoms with Crippen molar-refractivity contribution in [2.24, 2.45) is 0 Å². The van der Waals surface area contributed by atoms with Crippen LogP contribution in [0.2, 0.25) is 5.02 Å². The second-order valence-electron chi connectivity index (χ2n) is 6.36. The van der Waals surface area contributed by atoms with Crippen LogP contribution in [0.3, 0.4) is 0 Å². The highest BCUT2D eigenvalue weighted by molar-refractivity contribution is 8.00. The minimum atomic E-state index is -0.281. The van der Waals surface area contributed by atoms with E-state index in [0.29, 0.717) is 15.9 Å². The number of aromatic nitrogens is 2. The highest BCUT2D eigenvalue weighted by atomic mass is 35.5. The number of carbonyl (C=O) groups is 1. The first-order valence-corrected chi connectivity index (χ1v) is 10.8. The predicted molar refractivity (Wildman–Crippen MR) is 116 cm³/mol. The van der Waals surface area contributed by atoms with Crippen LogP contribution in [0.4, 0.5) is 5.13 Å². The summed E-state index contributed by atoms with van der Waals surface area (Å²) in [5, 5.41) is 12.0. The fourth-order valence-electron chi connectivity index (χ4n) is 2.44. The van der Waals surface area contributed by atoms with Gasteiger partial charge in [-0.2, -0.15) is 0 Å². The average molecular weight is 434 g/mol. The number of halogens is 1. The maximum atomic E-state index is 12.1. The van der Waals surface area contributed by atoms with Crippen molar-refractivity contribution in [2.75, 3.05) is 11.9 Å². The zero-order chi connectivity index (χ0) is 20.1. The third-order valence-electron chi connectivity index (χ3n) is 3.92. The van der Waals surface area contributed by atoms with Gasteiger partial charge in [0.05, 0.1) is 0 Å². The third-order valence-corrected chi connectivity index (χ3v) is 6.55. The molecule has 1 N–H and O–H groups in total. The van der Waals surface area contributed by atoms with Crippen LogP contribution in [-0.4, -0.2) is 22.7 Å². The van der Waals surface area contributed by atoms with Crippen LogP contribution in [0, 0.1) is 20.8 Å². The molecule has 3 rings (SSSR count). The maximum absolute atomic E-state index is 12.1. The fourth-order valence-corrected chi connectivity index (χ4v) is 4.27. The van der Waals surface area contributed by atoms with Gasteiger partial charge in [-0.25, -0.2) is 0 Å². The van der Waals surface area contributed by atoms with E-state index in [9.17, 15) is 4.79 Å². The SMILES string of the molecule is Cc1ccc(CSc2nnc(NC(=O)COc3cc(C)c(Cl)c(C)c3)s2)cc1.